The first-order valence-electron chi connectivity index (χ1n) is 19.4. The molecule has 2 atom stereocenters. The molecule has 0 fully saturated rings. The molecule has 0 radical (unpaired) electrons. The second kappa shape index (κ2) is 33.6. The van der Waals surface area contributed by atoms with Crippen LogP contribution in [-0.2, 0) is 0 Å². The molecular formula is C41H73N7O7. The van der Waals surface area contributed by atoms with E-state index in [1.54, 1.807) is 6.07 Å². The van der Waals surface area contributed by atoms with Crippen LogP contribution in [0.25, 0.3) is 0 Å². The summed E-state index contributed by atoms with van der Waals surface area (Å²) >= 11 is 0. The number of benzene rings is 3. The van der Waals surface area contributed by atoms with Crippen LogP contribution in [0.1, 0.15) is 119 Å². The smallest absolute Gasteiger partial charge is 0.298 e. The van der Waals surface area contributed by atoms with Crippen molar-refractivity contribution in [1.82, 2.24) is 0 Å². The first-order valence-corrected chi connectivity index (χ1v) is 19.4. The number of nitrogens with zero attached hydrogens (tertiary/aromatic N) is 2. The Morgan fingerprint density at radius 1 is 0.636 bits per heavy atom. The molecule has 0 saturated heterocycles. The summed E-state index contributed by atoms with van der Waals surface area (Å²) < 4.78 is 11.9. The molecule has 0 amide bonds. The average Bonchev–Trinajstić information content (AvgIpc) is 3.17. The minimum Gasteiger partial charge on any atom is -0.491 e. The first kappa shape index (κ1) is 54.4. The lowest BCUT2D eigenvalue weighted by Gasteiger charge is -2.19. The largest absolute Gasteiger partial charge is 0.491 e. The van der Waals surface area contributed by atoms with Gasteiger partial charge in [-0.2, -0.15) is 0 Å². The maximum absolute atomic E-state index is 10.3. The lowest BCUT2D eigenvalue weighted by Crippen LogP contribution is -2.14. The van der Waals surface area contributed by atoms with Crippen LogP contribution < -0.4 is 38.1 Å². The van der Waals surface area contributed by atoms with E-state index in [9.17, 15) is 20.2 Å². The minimum absolute atomic E-state index is 0.0874. The molecule has 11 N–H and O–H groups in total. The van der Waals surface area contributed by atoms with E-state index in [4.69, 9.17) is 43.2 Å². The van der Waals surface area contributed by atoms with Crippen LogP contribution in [-0.4, -0.2) is 35.3 Å². The molecule has 0 saturated carbocycles. The number of nitrogens with two attached hydrogens (primary N) is 5. The number of nitro benzene ring substituents is 2. The topological polar surface area (TPSA) is 255 Å². The summed E-state index contributed by atoms with van der Waals surface area (Å²) in [5.41, 5.74) is 31.5. The number of hydrogen-bond donors (Lipinski definition) is 6. The van der Waals surface area contributed by atoms with Crippen molar-refractivity contribution < 1.29 is 24.4 Å². The van der Waals surface area contributed by atoms with E-state index < -0.39 is 15.5 Å². The van der Waals surface area contributed by atoms with Gasteiger partial charge < -0.3 is 43.2 Å². The average molecular weight is 776 g/mol. The van der Waals surface area contributed by atoms with Gasteiger partial charge in [0.15, 0.2) is 0 Å². The van der Waals surface area contributed by atoms with Gasteiger partial charge in [-0.3, -0.25) is 20.2 Å². The Balaban J connectivity index is -0.000000769. The SMILES string of the molecule is CC.CCC.CCCCC(CC)COc1cc(N)c(OCC(CC)CCCC)cc1N.CO.Cc1cc(N)ccc1N.Nc1ccc([N+](=O)[O-])cc1[N+](=O)[O-]. The Kier molecular flexibility index (Phi) is 33.2. The molecule has 0 heterocycles. The number of aryl methyl sites for hydroxylation is 1. The van der Waals surface area contributed by atoms with Gasteiger partial charge in [0, 0.05) is 36.7 Å². The third kappa shape index (κ3) is 24.1. The lowest BCUT2D eigenvalue weighted by molar-refractivity contribution is -0.393. The van der Waals surface area contributed by atoms with Crippen molar-refractivity contribution in [2.45, 2.75) is 120 Å². The van der Waals surface area contributed by atoms with Crippen LogP contribution >= 0.6 is 0 Å². The molecule has 14 heteroatoms. The number of hydrogen-bond acceptors (Lipinski definition) is 12. The molecule has 314 valence electrons. The van der Waals surface area contributed by atoms with E-state index in [0.717, 1.165) is 55.1 Å². The van der Waals surface area contributed by atoms with Crippen molar-refractivity contribution in [1.29, 1.82) is 0 Å². The Labute approximate surface area is 330 Å². The summed E-state index contributed by atoms with van der Waals surface area (Å²) in [7, 11) is 1.00. The Hall–Kier alpha value is -4.98. The predicted octanol–water partition coefficient (Wildman–Crippen LogP) is 10.3. The van der Waals surface area contributed by atoms with E-state index in [2.05, 4.69) is 41.5 Å². The summed E-state index contributed by atoms with van der Waals surface area (Å²) in [5, 5.41) is 27.5. The van der Waals surface area contributed by atoms with Crippen LogP contribution in [0.4, 0.5) is 39.8 Å². The number of anilines is 5. The standard InChI is InChI=1S/C22H40N2O2.C7H10N2.C6H5N3O4.C3H8.C2H6.CH4O/c1-5-9-11-17(7-3)15-25-21-13-20(24)22(14-19(21)23)26-16-18(8-4)12-10-6-2;1-5-4-6(8)2-3-7(5)9;7-5-2-1-4(8(10)11)3-6(5)9(12)13;1-3-2;2*1-2/h13-14,17-18H,5-12,15-16,23-24H2,1-4H3;2-4H,8-9H2,1H3;1-3H,7H2;3H2,1-2H3;1-2H3;2H,1H3. The minimum atomic E-state index is -0.762. The summed E-state index contributed by atoms with van der Waals surface area (Å²) in [4.78, 5) is 19.1. The summed E-state index contributed by atoms with van der Waals surface area (Å²) in [5.74, 6) is 2.47. The Morgan fingerprint density at radius 3 is 1.38 bits per heavy atom. The van der Waals surface area contributed by atoms with Gasteiger partial charge >= 0.3 is 0 Å². The predicted molar refractivity (Wildman–Crippen MR) is 232 cm³/mol. The molecule has 14 nitrogen and oxygen atoms in total. The fraction of sp³-hybridized carbons (Fsp3) is 0.561. The van der Waals surface area contributed by atoms with Gasteiger partial charge in [-0.05, 0) is 61.4 Å². The number of unbranched alkanes of at least 4 members (excludes halogenated alkanes) is 2. The number of aliphatic hydroxyl groups excluding tert-OH is 1. The van der Waals surface area contributed by atoms with E-state index in [-0.39, 0.29) is 11.4 Å². The molecule has 3 aromatic carbocycles. The molecule has 0 aliphatic heterocycles. The van der Waals surface area contributed by atoms with E-state index >= 15 is 0 Å². The highest BCUT2D eigenvalue weighted by molar-refractivity contribution is 5.67. The number of rotatable bonds is 16. The number of aliphatic hydroxyl groups is 1. The van der Waals surface area contributed by atoms with Gasteiger partial charge in [0.1, 0.15) is 17.2 Å². The molecular weight excluding hydrogens is 702 g/mol. The fourth-order valence-electron chi connectivity index (χ4n) is 4.56. The van der Waals surface area contributed by atoms with Gasteiger partial charge in [-0.25, -0.2) is 0 Å². The van der Waals surface area contributed by atoms with Crippen LogP contribution in [0.5, 0.6) is 11.5 Å². The maximum Gasteiger partial charge on any atom is 0.298 e. The fourth-order valence-corrected chi connectivity index (χ4v) is 4.56. The number of ether oxygens (including phenoxy) is 2. The van der Waals surface area contributed by atoms with Crippen LogP contribution in [0.2, 0.25) is 0 Å². The highest BCUT2D eigenvalue weighted by Gasteiger charge is 2.17. The van der Waals surface area contributed by atoms with Crippen LogP contribution in [0.15, 0.2) is 48.5 Å². The summed E-state index contributed by atoms with van der Waals surface area (Å²) in [6, 6.07) is 12.2. The van der Waals surface area contributed by atoms with Crippen molar-refractivity contribution in [3.8, 4) is 11.5 Å². The molecule has 0 aromatic heterocycles. The van der Waals surface area contributed by atoms with Gasteiger partial charge in [0.05, 0.1) is 40.5 Å². The van der Waals surface area contributed by atoms with Gasteiger partial charge in [-0.15, -0.1) is 0 Å². The molecule has 2 unspecified atom stereocenters. The molecule has 0 spiro atoms. The monoisotopic (exact) mass is 776 g/mol. The van der Waals surface area contributed by atoms with Gasteiger partial charge in [-0.1, -0.05) is 100 Å². The molecule has 55 heavy (non-hydrogen) atoms. The second-order valence-corrected chi connectivity index (χ2v) is 12.5. The first-order chi connectivity index (χ1) is 26.2. The highest BCUT2D eigenvalue weighted by atomic mass is 16.6. The Bertz CT molecular complexity index is 1410. The van der Waals surface area contributed by atoms with E-state index in [1.165, 1.54) is 44.9 Å². The third-order valence-electron chi connectivity index (χ3n) is 7.89. The highest BCUT2D eigenvalue weighted by Crippen LogP contribution is 2.34. The second-order valence-electron chi connectivity index (χ2n) is 12.5. The van der Waals surface area contributed by atoms with Gasteiger partial charge in [0.25, 0.3) is 11.4 Å². The molecule has 3 aromatic rings. The van der Waals surface area contributed by atoms with E-state index in [1.807, 2.05) is 45.0 Å². The van der Waals surface area contributed by atoms with Crippen LogP contribution in [0, 0.1) is 39.0 Å². The summed E-state index contributed by atoms with van der Waals surface area (Å²) in [6.45, 7) is 20.4. The lowest BCUT2D eigenvalue weighted by atomic mass is 10.0. The number of non-ortho nitro benzene ring substituents is 1. The zero-order valence-corrected chi connectivity index (χ0v) is 35.2. The summed E-state index contributed by atoms with van der Waals surface area (Å²) in [6.07, 6.45) is 10.8. The molecule has 0 bridgehead atoms. The number of nitrogen functional groups attached to an aromatic ring is 5. The third-order valence-corrected chi connectivity index (χ3v) is 7.89. The molecule has 0 aliphatic rings. The van der Waals surface area contributed by atoms with E-state index in [0.29, 0.717) is 47.9 Å². The maximum atomic E-state index is 10.3. The van der Waals surface area contributed by atoms with Crippen molar-refractivity contribution in [2.24, 2.45) is 11.8 Å². The number of nitro groups is 2. The van der Waals surface area contributed by atoms with Crippen molar-refractivity contribution >= 4 is 39.8 Å². The zero-order valence-electron chi connectivity index (χ0n) is 35.2. The zero-order chi connectivity index (χ0) is 42.9. The molecule has 3 rings (SSSR count). The van der Waals surface area contributed by atoms with Crippen molar-refractivity contribution in [3.63, 3.8) is 0 Å². The van der Waals surface area contributed by atoms with Crippen molar-refractivity contribution in [3.05, 3.63) is 74.3 Å². The van der Waals surface area contributed by atoms with Gasteiger partial charge in [0.2, 0.25) is 0 Å². The Morgan fingerprint density at radius 2 is 1.05 bits per heavy atom. The van der Waals surface area contributed by atoms with Crippen LogP contribution in [0.3, 0.4) is 0 Å². The quantitative estimate of drug-likeness (QED) is 0.0451. The molecule has 0 aliphatic carbocycles. The normalized spacial score (nSPS) is 10.7. The van der Waals surface area contributed by atoms with Crippen molar-refractivity contribution in [2.75, 3.05) is 49.0 Å².